The first-order chi connectivity index (χ1) is 9.81. The van der Waals surface area contributed by atoms with E-state index in [1.807, 2.05) is 0 Å². The monoisotopic (exact) mass is 301 g/mol. The van der Waals surface area contributed by atoms with E-state index in [1.165, 1.54) is 11.0 Å². The Kier molecular flexibility index (Phi) is 4.41. The molecule has 21 heavy (non-hydrogen) atoms. The topological polar surface area (TPSA) is 58.4 Å². The van der Waals surface area contributed by atoms with Gasteiger partial charge in [-0.3, -0.25) is 0 Å². The van der Waals surface area contributed by atoms with Crippen molar-refractivity contribution in [2.24, 2.45) is 5.73 Å². The molecule has 0 spiro atoms. The maximum atomic E-state index is 12.7. The highest BCUT2D eigenvalue weighted by atomic mass is 19.4. The number of amides is 2. The predicted molar refractivity (Wildman–Crippen MR) is 72.6 cm³/mol. The number of hydrogen-bond donors (Lipinski definition) is 2. The Bertz CT molecular complexity index is 531. The van der Waals surface area contributed by atoms with Crippen LogP contribution in [0.1, 0.15) is 23.6 Å². The van der Waals surface area contributed by atoms with E-state index < -0.39 is 11.7 Å². The minimum absolute atomic E-state index is 0.166. The lowest BCUT2D eigenvalue weighted by atomic mass is 9.97. The summed E-state index contributed by atoms with van der Waals surface area (Å²) >= 11 is 0. The number of nitrogens with two attached hydrogens (primary N) is 1. The quantitative estimate of drug-likeness (QED) is 0.879. The van der Waals surface area contributed by atoms with Gasteiger partial charge in [0, 0.05) is 25.7 Å². The lowest BCUT2D eigenvalue weighted by Gasteiger charge is -2.30. The van der Waals surface area contributed by atoms with Crippen LogP contribution in [-0.4, -0.2) is 30.1 Å². The largest absolute Gasteiger partial charge is 0.416 e. The smallest absolute Gasteiger partial charge is 0.334 e. The fraction of sp³-hybridized carbons (Fsp3) is 0.500. The lowest BCUT2D eigenvalue weighted by Crippen LogP contribution is -2.47. The van der Waals surface area contributed by atoms with E-state index in [4.69, 9.17) is 5.73 Å². The molecule has 0 saturated heterocycles. The zero-order valence-corrected chi connectivity index (χ0v) is 11.7. The van der Waals surface area contributed by atoms with Crippen LogP contribution in [0.25, 0.3) is 0 Å². The Morgan fingerprint density at radius 2 is 2.14 bits per heavy atom. The number of carbonyl (C=O) groups excluding carboxylic acids is 1. The van der Waals surface area contributed by atoms with Crippen molar-refractivity contribution in [3.05, 3.63) is 34.9 Å². The van der Waals surface area contributed by atoms with Gasteiger partial charge in [0.25, 0.3) is 0 Å². The molecule has 1 heterocycles. The summed E-state index contributed by atoms with van der Waals surface area (Å²) in [7, 11) is 0. The minimum atomic E-state index is -4.37. The SMILES string of the molecule is C[C@@H](CN)NC(=O)N1CCc2ccc(C(F)(F)F)cc2C1. The van der Waals surface area contributed by atoms with Gasteiger partial charge < -0.3 is 16.0 Å². The number of rotatable bonds is 2. The highest BCUT2D eigenvalue weighted by Crippen LogP contribution is 2.32. The van der Waals surface area contributed by atoms with Gasteiger partial charge in [-0.05, 0) is 36.6 Å². The van der Waals surface area contributed by atoms with Crippen LogP contribution in [-0.2, 0) is 19.1 Å². The van der Waals surface area contributed by atoms with Crippen LogP contribution in [0, 0.1) is 0 Å². The van der Waals surface area contributed by atoms with Crippen molar-refractivity contribution in [1.82, 2.24) is 10.2 Å². The number of hydrogen-bond acceptors (Lipinski definition) is 2. The number of fused-ring (bicyclic) bond motifs is 1. The summed E-state index contributed by atoms with van der Waals surface area (Å²) in [6.07, 6.45) is -3.81. The van der Waals surface area contributed by atoms with Crippen LogP contribution in [0.15, 0.2) is 18.2 Å². The summed E-state index contributed by atoms with van der Waals surface area (Å²) < 4.78 is 38.2. The van der Waals surface area contributed by atoms with E-state index >= 15 is 0 Å². The van der Waals surface area contributed by atoms with Gasteiger partial charge >= 0.3 is 12.2 Å². The zero-order chi connectivity index (χ0) is 15.6. The van der Waals surface area contributed by atoms with Crippen LogP contribution in [0.4, 0.5) is 18.0 Å². The van der Waals surface area contributed by atoms with Crippen LogP contribution in [0.5, 0.6) is 0 Å². The molecule has 116 valence electrons. The molecule has 0 radical (unpaired) electrons. The van der Waals surface area contributed by atoms with E-state index in [-0.39, 0.29) is 18.6 Å². The number of benzene rings is 1. The highest BCUT2D eigenvalue weighted by molar-refractivity contribution is 5.75. The number of nitrogens with one attached hydrogen (secondary N) is 1. The fourth-order valence-electron chi connectivity index (χ4n) is 2.27. The standard InChI is InChI=1S/C14H18F3N3O/c1-9(7-18)19-13(21)20-5-4-10-2-3-12(14(15,16)17)6-11(10)8-20/h2-3,6,9H,4-5,7-8,18H2,1H3,(H,19,21)/t9-/m0/s1. The van der Waals surface area contributed by atoms with Gasteiger partial charge in [-0.2, -0.15) is 13.2 Å². The molecule has 0 unspecified atom stereocenters. The van der Waals surface area contributed by atoms with E-state index in [9.17, 15) is 18.0 Å². The van der Waals surface area contributed by atoms with Crippen molar-refractivity contribution in [3.8, 4) is 0 Å². The third-order valence-corrected chi connectivity index (χ3v) is 3.56. The van der Waals surface area contributed by atoms with Crippen molar-refractivity contribution in [2.45, 2.75) is 32.1 Å². The lowest BCUT2D eigenvalue weighted by molar-refractivity contribution is -0.137. The van der Waals surface area contributed by atoms with Crippen molar-refractivity contribution >= 4 is 6.03 Å². The zero-order valence-electron chi connectivity index (χ0n) is 11.7. The summed E-state index contributed by atoms with van der Waals surface area (Å²) in [5.74, 6) is 0. The van der Waals surface area contributed by atoms with E-state index in [2.05, 4.69) is 5.32 Å². The normalized spacial score (nSPS) is 16.3. The molecule has 0 fully saturated rings. The molecule has 7 heteroatoms. The second kappa shape index (κ2) is 5.93. The number of urea groups is 1. The fourth-order valence-corrected chi connectivity index (χ4v) is 2.27. The van der Waals surface area contributed by atoms with E-state index in [1.54, 1.807) is 6.92 Å². The van der Waals surface area contributed by atoms with Gasteiger partial charge in [-0.15, -0.1) is 0 Å². The van der Waals surface area contributed by atoms with Gasteiger partial charge in [0.1, 0.15) is 0 Å². The molecule has 2 amide bonds. The number of nitrogens with zero attached hydrogens (tertiary/aromatic N) is 1. The molecular weight excluding hydrogens is 283 g/mol. The maximum absolute atomic E-state index is 12.7. The van der Waals surface area contributed by atoms with Gasteiger partial charge in [-0.25, -0.2) is 4.79 Å². The van der Waals surface area contributed by atoms with Crippen molar-refractivity contribution in [3.63, 3.8) is 0 Å². The second-order valence-electron chi connectivity index (χ2n) is 5.24. The first kappa shape index (κ1) is 15.6. The van der Waals surface area contributed by atoms with E-state index in [0.717, 1.165) is 17.7 Å². The van der Waals surface area contributed by atoms with Gasteiger partial charge in [0.2, 0.25) is 0 Å². The molecule has 0 bridgehead atoms. The molecule has 1 aromatic rings. The van der Waals surface area contributed by atoms with Crippen LogP contribution >= 0.6 is 0 Å². The molecule has 0 saturated carbocycles. The van der Waals surface area contributed by atoms with Crippen molar-refractivity contribution < 1.29 is 18.0 Å². The van der Waals surface area contributed by atoms with Crippen LogP contribution in [0.2, 0.25) is 0 Å². The van der Waals surface area contributed by atoms with Crippen LogP contribution in [0.3, 0.4) is 0 Å². The Morgan fingerprint density at radius 3 is 2.76 bits per heavy atom. The third kappa shape index (κ3) is 3.66. The predicted octanol–water partition coefficient (Wildman–Crippen LogP) is 2.12. The summed E-state index contributed by atoms with van der Waals surface area (Å²) in [5.41, 5.74) is 6.16. The summed E-state index contributed by atoms with van der Waals surface area (Å²) in [4.78, 5) is 13.5. The maximum Gasteiger partial charge on any atom is 0.416 e. The average Bonchev–Trinajstić information content (AvgIpc) is 2.44. The molecule has 3 N–H and O–H groups in total. The molecule has 1 aliphatic heterocycles. The first-order valence-corrected chi connectivity index (χ1v) is 6.75. The third-order valence-electron chi connectivity index (χ3n) is 3.56. The molecule has 0 aliphatic carbocycles. The molecule has 1 atom stereocenters. The minimum Gasteiger partial charge on any atom is -0.334 e. The van der Waals surface area contributed by atoms with Crippen molar-refractivity contribution in [1.29, 1.82) is 0 Å². The summed E-state index contributed by atoms with van der Waals surface area (Å²) in [6, 6.07) is 3.25. The molecule has 1 aliphatic rings. The Hall–Kier alpha value is -1.76. The molecular formula is C14H18F3N3O. The molecule has 4 nitrogen and oxygen atoms in total. The highest BCUT2D eigenvalue weighted by Gasteiger charge is 2.32. The average molecular weight is 301 g/mol. The van der Waals surface area contributed by atoms with Gasteiger partial charge in [-0.1, -0.05) is 6.07 Å². The summed E-state index contributed by atoms with van der Waals surface area (Å²) in [6.45, 7) is 2.76. The molecule has 2 rings (SSSR count). The Balaban J connectivity index is 2.13. The number of halogens is 3. The Morgan fingerprint density at radius 1 is 1.43 bits per heavy atom. The van der Waals surface area contributed by atoms with Gasteiger partial charge in [0.05, 0.1) is 5.56 Å². The number of alkyl halides is 3. The first-order valence-electron chi connectivity index (χ1n) is 6.75. The second-order valence-corrected chi connectivity index (χ2v) is 5.24. The van der Waals surface area contributed by atoms with Gasteiger partial charge in [0.15, 0.2) is 0 Å². The van der Waals surface area contributed by atoms with Crippen molar-refractivity contribution in [2.75, 3.05) is 13.1 Å². The molecule has 0 aromatic heterocycles. The summed E-state index contributed by atoms with van der Waals surface area (Å²) in [5, 5.41) is 2.71. The Labute approximate surface area is 121 Å². The number of carbonyl (C=O) groups is 1. The van der Waals surface area contributed by atoms with E-state index in [0.29, 0.717) is 25.1 Å². The van der Waals surface area contributed by atoms with Crippen LogP contribution < -0.4 is 11.1 Å². The molecule has 1 aromatic carbocycles.